The van der Waals surface area contributed by atoms with Gasteiger partial charge in [0.25, 0.3) is 0 Å². The number of guanidine groups is 1. The van der Waals surface area contributed by atoms with E-state index in [1.165, 1.54) is 18.4 Å². The molecule has 1 aromatic carbocycles. The normalized spacial score (nSPS) is 20.1. The average molecular weight is 510 g/mol. The lowest BCUT2D eigenvalue weighted by atomic mass is 9.86. The molecule has 1 aliphatic heterocycles. The maximum absolute atomic E-state index is 6.46. The van der Waals surface area contributed by atoms with Crippen molar-refractivity contribution < 1.29 is 9.26 Å². The molecule has 29 heavy (non-hydrogen) atoms. The molecule has 4 rings (SSSR count). The maximum Gasteiger partial charge on any atom is 0.191 e. The Morgan fingerprint density at radius 3 is 2.72 bits per heavy atom. The van der Waals surface area contributed by atoms with Crippen molar-refractivity contribution in [2.24, 2.45) is 4.99 Å². The minimum Gasteiger partial charge on any atom is -0.487 e. The van der Waals surface area contributed by atoms with Gasteiger partial charge in [-0.25, -0.2) is 0 Å². The van der Waals surface area contributed by atoms with E-state index in [-0.39, 0.29) is 35.6 Å². The van der Waals surface area contributed by atoms with Crippen LogP contribution in [-0.2, 0) is 6.54 Å². The van der Waals surface area contributed by atoms with E-state index in [9.17, 15) is 0 Å². The van der Waals surface area contributed by atoms with Gasteiger partial charge in [0.15, 0.2) is 11.7 Å². The number of aromatic nitrogens is 1. The topological polar surface area (TPSA) is 71.7 Å². The van der Waals surface area contributed by atoms with E-state index in [0.29, 0.717) is 12.5 Å². The highest BCUT2D eigenvalue weighted by Gasteiger charge is 2.43. The summed E-state index contributed by atoms with van der Waals surface area (Å²) < 4.78 is 11.9. The molecule has 1 unspecified atom stereocenters. The van der Waals surface area contributed by atoms with Crippen molar-refractivity contribution in [1.29, 1.82) is 0 Å². The van der Waals surface area contributed by atoms with Crippen LogP contribution in [0.2, 0.25) is 0 Å². The first-order chi connectivity index (χ1) is 13.6. The second-order valence-corrected chi connectivity index (χ2v) is 8.23. The van der Waals surface area contributed by atoms with E-state index in [4.69, 9.17) is 9.26 Å². The van der Waals surface area contributed by atoms with Crippen molar-refractivity contribution in [3.8, 4) is 5.75 Å². The summed E-state index contributed by atoms with van der Waals surface area (Å²) >= 11 is 0. The first kappa shape index (κ1) is 21.9. The lowest BCUT2D eigenvalue weighted by molar-refractivity contribution is 0.0396. The van der Waals surface area contributed by atoms with Gasteiger partial charge in [0.2, 0.25) is 0 Å². The quantitative estimate of drug-likeness (QED) is 0.347. The van der Waals surface area contributed by atoms with E-state index < -0.39 is 0 Å². The fourth-order valence-electron chi connectivity index (χ4n) is 4.29. The summed E-state index contributed by atoms with van der Waals surface area (Å²) in [6.07, 6.45) is 5.70. The smallest absolute Gasteiger partial charge is 0.191 e. The molecular weight excluding hydrogens is 479 g/mol. The molecule has 1 spiro atoms. The van der Waals surface area contributed by atoms with Crippen LogP contribution >= 0.6 is 24.0 Å². The van der Waals surface area contributed by atoms with Gasteiger partial charge in [-0.3, -0.25) is 4.99 Å². The molecule has 0 radical (unpaired) electrons. The number of para-hydroxylation sites is 1. The van der Waals surface area contributed by atoms with Crippen molar-refractivity contribution in [1.82, 2.24) is 15.8 Å². The van der Waals surface area contributed by atoms with Crippen molar-refractivity contribution in [3.05, 3.63) is 47.3 Å². The SMILES string of the molecule is CN=C(NCc1cc(C(C)C)no1)NC1CC2(CCCC2)Oc2ccccc21.I. The number of aliphatic imine (C=N–C) groups is 1. The Bertz CT molecular complexity index is 843. The van der Waals surface area contributed by atoms with E-state index >= 15 is 0 Å². The zero-order chi connectivity index (χ0) is 19.6. The van der Waals surface area contributed by atoms with Gasteiger partial charge in [-0.2, -0.15) is 0 Å². The van der Waals surface area contributed by atoms with E-state index in [1.54, 1.807) is 7.05 Å². The third kappa shape index (κ3) is 4.87. The maximum atomic E-state index is 6.46. The van der Waals surface area contributed by atoms with Crippen LogP contribution in [0.5, 0.6) is 5.75 Å². The number of fused-ring (bicyclic) bond motifs is 1. The number of hydrogen-bond donors (Lipinski definition) is 2. The number of nitrogens with one attached hydrogen (secondary N) is 2. The zero-order valence-corrected chi connectivity index (χ0v) is 19.7. The number of ether oxygens (including phenoxy) is 1. The Labute approximate surface area is 189 Å². The van der Waals surface area contributed by atoms with Crippen LogP contribution in [0.25, 0.3) is 0 Å². The lowest BCUT2D eigenvalue weighted by Crippen LogP contribution is -2.46. The van der Waals surface area contributed by atoms with Crippen LogP contribution in [-0.4, -0.2) is 23.8 Å². The second-order valence-electron chi connectivity index (χ2n) is 8.23. The van der Waals surface area contributed by atoms with Crippen molar-refractivity contribution in [3.63, 3.8) is 0 Å². The summed E-state index contributed by atoms with van der Waals surface area (Å²) in [6, 6.07) is 10.5. The Hall–Kier alpha value is -1.77. The highest BCUT2D eigenvalue weighted by atomic mass is 127. The Morgan fingerprint density at radius 1 is 1.28 bits per heavy atom. The van der Waals surface area contributed by atoms with Crippen LogP contribution in [0.3, 0.4) is 0 Å². The summed E-state index contributed by atoms with van der Waals surface area (Å²) in [4.78, 5) is 4.42. The second kappa shape index (κ2) is 9.36. The summed E-state index contributed by atoms with van der Waals surface area (Å²) in [7, 11) is 1.80. The van der Waals surface area contributed by atoms with Crippen LogP contribution < -0.4 is 15.4 Å². The Kier molecular flexibility index (Phi) is 7.08. The minimum absolute atomic E-state index is 0. The fourth-order valence-corrected chi connectivity index (χ4v) is 4.29. The predicted octanol–water partition coefficient (Wildman–Crippen LogP) is 4.92. The van der Waals surface area contributed by atoms with Gasteiger partial charge in [-0.1, -0.05) is 37.2 Å². The number of hydrogen-bond acceptors (Lipinski definition) is 4. The van der Waals surface area contributed by atoms with Crippen molar-refractivity contribution in [2.45, 2.75) is 70.1 Å². The molecule has 158 valence electrons. The standard InChI is InChI=1S/C22H30N4O2.HI/c1-15(2)18-12-16(28-26-18)14-24-21(23-3)25-19-13-22(10-6-7-11-22)27-20-9-5-4-8-17(19)20;/h4-5,8-9,12,15,19H,6-7,10-11,13-14H2,1-3H3,(H2,23,24,25);1H. The van der Waals surface area contributed by atoms with Crippen molar-refractivity contribution in [2.75, 3.05) is 7.05 Å². The highest BCUT2D eigenvalue weighted by molar-refractivity contribution is 14.0. The fraction of sp³-hybridized carbons (Fsp3) is 0.545. The monoisotopic (exact) mass is 510 g/mol. The van der Waals surface area contributed by atoms with Crippen LogP contribution in [0.15, 0.2) is 39.8 Å². The largest absolute Gasteiger partial charge is 0.487 e. The summed E-state index contributed by atoms with van der Waals surface area (Å²) in [6.45, 7) is 4.77. The van der Waals surface area contributed by atoms with Gasteiger partial charge >= 0.3 is 0 Å². The third-order valence-electron chi connectivity index (χ3n) is 5.85. The molecule has 1 fully saturated rings. The van der Waals surface area contributed by atoms with Crippen molar-refractivity contribution >= 4 is 29.9 Å². The Morgan fingerprint density at radius 2 is 2.03 bits per heavy atom. The highest BCUT2D eigenvalue weighted by Crippen LogP contribution is 2.46. The predicted molar refractivity (Wildman–Crippen MR) is 125 cm³/mol. The van der Waals surface area contributed by atoms with Gasteiger partial charge in [0, 0.05) is 25.1 Å². The molecule has 1 atom stereocenters. The third-order valence-corrected chi connectivity index (χ3v) is 5.85. The zero-order valence-electron chi connectivity index (χ0n) is 17.4. The summed E-state index contributed by atoms with van der Waals surface area (Å²) in [5, 5.41) is 11.1. The van der Waals surface area contributed by atoms with Gasteiger partial charge in [-0.15, -0.1) is 24.0 Å². The van der Waals surface area contributed by atoms with Gasteiger partial charge < -0.3 is 19.9 Å². The number of rotatable bonds is 4. The summed E-state index contributed by atoms with van der Waals surface area (Å²) in [5.41, 5.74) is 2.13. The number of benzene rings is 1. The first-order valence-electron chi connectivity index (χ1n) is 10.3. The molecule has 0 saturated heterocycles. The molecular formula is C22H31IN4O2. The summed E-state index contributed by atoms with van der Waals surface area (Å²) in [5.74, 6) is 2.93. The van der Waals surface area contributed by atoms with E-state index in [0.717, 1.165) is 42.4 Å². The van der Waals surface area contributed by atoms with Crippen LogP contribution in [0.4, 0.5) is 0 Å². The molecule has 7 heteroatoms. The van der Waals surface area contributed by atoms with Gasteiger partial charge in [0.1, 0.15) is 11.4 Å². The Balaban J connectivity index is 0.00000240. The molecule has 2 aromatic rings. The molecule has 2 heterocycles. The molecule has 6 nitrogen and oxygen atoms in total. The molecule has 0 amide bonds. The van der Waals surface area contributed by atoms with E-state index in [2.05, 4.69) is 52.8 Å². The molecule has 0 bridgehead atoms. The molecule has 1 aliphatic carbocycles. The van der Waals surface area contributed by atoms with Gasteiger partial charge in [-0.05, 0) is 37.7 Å². The van der Waals surface area contributed by atoms with E-state index in [1.807, 2.05) is 12.1 Å². The molecule has 2 N–H and O–H groups in total. The van der Waals surface area contributed by atoms with Crippen LogP contribution in [0, 0.1) is 0 Å². The molecule has 2 aliphatic rings. The van der Waals surface area contributed by atoms with Crippen LogP contribution in [0.1, 0.15) is 74.9 Å². The first-order valence-corrected chi connectivity index (χ1v) is 10.3. The number of nitrogens with zero attached hydrogens (tertiary/aromatic N) is 2. The molecule has 1 aromatic heterocycles. The molecule has 1 saturated carbocycles. The lowest BCUT2D eigenvalue weighted by Gasteiger charge is -2.40. The van der Waals surface area contributed by atoms with Gasteiger partial charge in [0.05, 0.1) is 18.3 Å². The average Bonchev–Trinajstić information content (AvgIpc) is 3.35. The number of halogens is 1. The minimum atomic E-state index is -0.0397.